The number of hydrogen-bond acceptors (Lipinski definition) is 3. The number of imidazole rings is 1. The van der Waals surface area contributed by atoms with Crippen molar-refractivity contribution < 1.29 is 9.84 Å². The average molecular weight is 338 g/mol. The van der Waals surface area contributed by atoms with Gasteiger partial charge in [-0.05, 0) is 57.4 Å². The van der Waals surface area contributed by atoms with E-state index >= 15 is 0 Å². The molecule has 3 rings (SSSR count). The van der Waals surface area contributed by atoms with Crippen molar-refractivity contribution in [1.82, 2.24) is 9.55 Å². The third-order valence-corrected chi connectivity index (χ3v) is 4.38. The topological polar surface area (TPSA) is 47.3 Å². The maximum absolute atomic E-state index is 10.5. The number of para-hydroxylation sites is 3. The van der Waals surface area contributed by atoms with E-state index in [1.165, 1.54) is 0 Å². The standard InChI is InChI=1S/C21H26N2O2/c1-15-9-7-10-16(2)19(15)25-14-8-13-23-18-12-6-5-11-17(18)22-20(23)21(3,4)24/h5-7,9-12,24H,8,13-14H2,1-4H3. The molecule has 132 valence electrons. The maximum Gasteiger partial charge on any atom is 0.141 e. The van der Waals surface area contributed by atoms with E-state index in [9.17, 15) is 5.11 Å². The number of rotatable bonds is 6. The number of fused-ring (bicyclic) bond motifs is 1. The predicted octanol–water partition coefficient (Wildman–Crippen LogP) is 4.35. The zero-order valence-corrected chi connectivity index (χ0v) is 15.4. The van der Waals surface area contributed by atoms with E-state index < -0.39 is 5.60 Å². The quantitative estimate of drug-likeness (QED) is 0.680. The highest BCUT2D eigenvalue weighted by Gasteiger charge is 2.24. The van der Waals surface area contributed by atoms with E-state index in [1.807, 2.05) is 30.3 Å². The number of aromatic nitrogens is 2. The van der Waals surface area contributed by atoms with Gasteiger partial charge in [0.05, 0.1) is 17.6 Å². The van der Waals surface area contributed by atoms with E-state index in [0.29, 0.717) is 12.4 Å². The largest absolute Gasteiger partial charge is 0.493 e. The average Bonchev–Trinajstić information content (AvgIpc) is 2.93. The second kappa shape index (κ2) is 6.89. The van der Waals surface area contributed by atoms with Gasteiger partial charge in [0.15, 0.2) is 0 Å². The van der Waals surface area contributed by atoms with Crippen molar-refractivity contribution in [3.8, 4) is 5.75 Å². The summed E-state index contributed by atoms with van der Waals surface area (Å²) < 4.78 is 8.11. The van der Waals surface area contributed by atoms with E-state index in [4.69, 9.17) is 4.74 Å². The minimum absolute atomic E-state index is 0.628. The molecule has 2 aromatic carbocycles. The summed E-state index contributed by atoms with van der Waals surface area (Å²) in [5.41, 5.74) is 3.30. The highest BCUT2D eigenvalue weighted by molar-refractivity contribution is 5.76. The van der Waals surface area contributed by atoms with Crippen LogP contribution in [-0.4, -0.2) is 21.3 Å². The molecule has 0 spiro atoms. The van der Waals surface area contributed by atoms with Gasteiger partial charge in [-0.3, -0.25) is 0 Å². The Balaban J connectivity index is 1.75. The third-order valence-electron chi connectivity index (χ3n) is 4.38. The highest BCUT2D eigenvalue weighted by Crippen LogP contribution is 2.26. The number of nitrogens with zero attached hydrogens (tertiary/aromatic N) is 2. The summed E-state index contributed by atoms with van der Waals surface area (Å²) in [6.07, 6.45) is 0.844. The number of aryl methyl sites for hydroxylation is 3. The van der Waals surface area contributed by atoms with Crippen LogP contribution in [0.25, 0.3) is 11.0 Å². The summed E-state index contributed by atoms with van der Waals surface area (Å²) in [7, 11) is 0. The van der Waals surface area contributed by atoms with Crippen LogP contribution in [0.3, 0.4) is 0 Å². The molecule has 0 aliphatic heterocycles. The molecular weight excluding hydrogens is 312 g/mol. The van der Waals surface area contributed by atoms with Gasteiger partial charge in [0, 0.05) is 6.54 Å². The summed E-state index contributed by atoms with van der Waals surface area (Å²) in [5.74, 6) is 1.67. The Morgan fingerprint density at radius 3 is 2.40 bits per heavy atom. The molecule has 0 saturated heterocycles. The molecule has 0 saturated carbocycles. The molecule has 3 aromatic rings. The van der Waals surface area contributed by atoms with Crippen molar-refractivity contribution in [3.05, 3.63) is 59.4 Å². The lowest BCUT2D eigenvalue weighted by Crippen LogP contribution is -2.22. The lowest BCUT2D eigenvalue weighted by Gasteiger charge is -2.19. The van der Waals surface area contributed by atoms with Gasteiger partial charge in [0.2, 0.25) is 0 Å². The molecule has 1 N–H and O–H groups in total. The van der Waals surface area contributed by atoms with Gasteiger partial charge in [0.1, 0.15) is 17.2 Å². The van der Waals surface area contributed by atoms with Gasteiger partial charge in [-0.1, -0.05) is 30.3 Å². The number of ether oxygens (including phenoxy) is 1. The Morgan fingerprint density at radius 1 is 1.04 bits per heavy atom. The molecule has 4 heteroatoms. The first-order valence-electron chi connectivity index (χ1n) is 8.75. The molecule has 0 unspecified atom stereocenters. The van der Waals surface area contributed by atoms with Gasteiger partial charge in [-0.2, -0.15) is 0 Å². The van der Waals surface area contributed by atoms with E-state index in [-0.39, 0.29) is 0 Å². The summed E-state index contributed by atoms with van der Waals surface area (Å²) >= 11 is 0. The van der Waals surface area contributed by atoms with Crippen LogP contribution in [0.5, 0.6) is 5.75 Å². The number of benzene rings is 2. The van der Waals surface area contributed by atoms with Crippen molar-refractivity contribution >= 4 is 11.0 Å². The molecule has 0 amide bonds. The van der Waals surface area contributed by atoms with Gasteiger partial charge in [-0.25, -0.2) is 4.98 Å². The second-order valence-corrected chi connectivity index (χ2v) is 7.06. The number of hydrogen-bond donors (Lipinski definition) is 1. The minimum atomic E-state index is -0.980. The molecule has 0 radical (unpaired) electrons. The Labute approximate surface area is 149 Å². The Morgan fingerprint density at radius 2 is 1.72 bits per heavy atom. The Hall–Kier alpha value is -2.33. The van der Waals surface area contributed by atoms with E-state index in [2.05, 4.69) is 35.5 Å². The molecule has 1 aromatic heterocycles. The van der Waals surface area contributed by atoms with Crippen molar-refractivity contribution in [2.24, 2.45) is 0 Å². The highest BCUT2D eigenvalue weighted by atomic mass is 16.5. The fourth-order valence-corrected chi connectivity index (χ4v) is 3.19. The smallest absolute Gasteiger partial charge is 0.141 e. The van der Waals surface area contributed by atoms with Crippen LogP contribution >= 0.6 is 0 Å². The summed E-state index contributed by atoms with van der Waals surface area (Å²) in [6, 6.07) is 14.2. The first-order valence-corrected chi connectivity index (χ1v) is 8.75. The van der Waals surface area contributed by atoms with Crippen LogP contribution in [0, 0.1) is 13.8 Å². The minimum Gasteiger partial charge on any atom is -0.493 e. The Kier molecular flexibility index (Phi) is 4.82. The first-order chi connectivity index (χ1) is 11.9. The summed E-state index contributed by atoms with van der Waals surface area (Å²) in [4.78, 5) is 4.62. The maximum atomic E-state index is 10.5. The van der Waals surface area contributed by atoms with Crippen LogP contribution in [0.15, 0.2) is 42.5 Å². The molecule has 0 aliphatic carbocycles. The van der Waals surface area contributed by atoms with Gasteiger partial charge in [-0.15, -0.1) is 0 Å². The van der Waals surface area contributed by atoms with Gasteiger partial charge in [0.25, 0.3) is 0 Å². The van der Waals surface area contributed by atoms with Crippen molar-refractivity contribution in [1.29, 1.82) is 0 Å². The van der Waals surface area contributed by atoms with E-state index in [0.717, 1.165) is 40.9 Å². The number of aliphatic hydroxyl groups is 1. The van der Waals surface area contributed by atoms with Crippen LogP contribution in [0.1, 0.15) is 37.2 Å². The van der Waals surface area contributed by atoms with Gasteiger partial charge >= 0.3 is 0 Å². The monoisotopic (exact) mass is 338 g/mol. The lowest BCUT2D eigenvalue weighted by atomic mass is 10.1. The Bertz CT molecular complexity index is 855. The van der Waals surface area contributed by atoms with Crippen LogP contribution in [0.2, 0.25) is 0 Å². The summed E-state index contributed by atoms with van der Waals surface area (Å²) in [6.45, 7) is 9.07. The van der Waals surface area contributed by atoms with Crippen LogP contribution < -0.4 is 4.74 Å². The zero-order chi connectivity index (χ0) is 18.0. The first kappa shape index (κ1) is 17.5. The third kappa shape index (κ3) is 3.69. The molecule has 0 aliphatic rings. The zero-order valence-electron chi connectivity index (χ0n) is 15.4. The predicted molar refractivity (Wildman–Crippen MR) is 101 cm³/mol. The fourth-order valence-electron chi connectivity index (χ4n) is 3.19. The molecule has 0 atom stereocenters. The molecule has 0 bridgehead atoms. The molecule has 0 fully saturated rings. The van der Waals surface area contributed by atoms with Crippen LogP contribution in [0.4, 0.5) is 0 Å². The molecule has 25 heavy (non-hydrogen) atoms. The van der Waals surface area contributed by atoms with Crippen LogP contribution in [-0.2, 0) is 12.1 Å². The normalized spacial score (nSPS) is 11.9. The molecular formula is C21H26N2O2. The lowest BCUT2D eigenvalue weighted by molar-refractivity contribution is 0.0649. The second-order valence-electron chi connectivity index (χ2n) is 7.06. The molecule has 4 nitrogen and oxygen atoms in total. The summed E-state index contributed by atoms with van der Waals surface area (Å²) in [5, 5.41) is 10.5. The van der Waals surface area contributed by atoms with Crippen molar-refractivity contribution in [2.45, 2.75) is 46.3 Å². The van der Waals surface area contributed by atoms with Crippen molar-refractivity contribution in [3.63, 3.8) is 0 Å². The fraction of sp³-hybridized carbons (Fsp3) is 0.381. The molecule has 1 heterocycles. The van der Waals surface area contributed by atoms with Gasteiger partial charge < -0.3 is 14.4 Å². The SMILES string of the molecule is Cc1cccc(C)c1OCCCn1c(C(C)(C)O)nc2ccccc21. The van der Waals surface area contributed by atoms with E-state index in [1.54, 1.807) is 13.8 Å². The van der Waals surface area contributed by atoms with Crippen molar-refractivity contribution in [2.75, 3.05) is 6.61 Å².